The van der Waals surface area contributed by atoms with Crippen LogP contribution in [0.5, 0.6) is 0 Å². The highest BCUT2D eigenvalue weighted by molar-refractivity contribution is 9.11. The van der Waals surface area contributed by atoms with Gasteiger partial charge < -0.3 is 5.32 Å². The van der Waals surface area contributed by atoms with Crippen molar-refractivity contribution >= 4 is 33.2 Å². The first-order valence-corrected chi connectivity index (χ1v) is 7.96. The van der Waals surface area contributed by atoms with Crippen molar-refractivity contribution in [3.63, 3.8) is 0 Å². The molecular formula is C15H14BrNOS. The summed E-state index contributed by atoms with van der Waals surface area (Å²) < 4.78 is 0.992. The largest absolute Gasteiger partial charge is 0.348 e. The van der Waals surface area contributed by atoms with Gasteiger partial charge in [-0.25, -0.2) is 0 Å². The highest BCUT2D eigenvalue weighted by Gasteiger charge is 2.20. The summed E-state index contributed by atoms with van der Waals surface area (Å²) in [6.07, 6.45) is 3.01. The van der Waals surface area contributed by atoms with Crippen LogP contribution >= 0.6 is 27.3 Å². The summed E-state index contributed by atoms with van der Waals surface area (Å²) in [5, 5.41) is 3.14. The minimum absolute atomic E-state index is 0.0417. The lowest BCUT2D eigenvalue weighted by atomic mass is 9.88. The van der Waals surface area contributed by atoms with E-state index in [4.69, 9.17) is 0 Å². The molecule has 2 aromatic rings. The fraction of sp³-hybridized carbons (Fsp3) is 0.267. The van der Waals surface area contributed by atoms with Crippen molar-refractivity contribution in [2.24, 2.45) is 0 Å². The highest BCUT2D eigenvalue weighted by atomic mass is 79.9. The SMILES string of the molecule is O=C(N[C@H]1CCc2ccccc2C1)c1ccc(Br)s1. The molecule has 1 aromatic heterocycles. The Morgan fingerprint density at radius 2 is 2.00 bits per heavy atom. The Hall–Kier alpha value is -1.13. The van der Waals surface area contributed by atoms with Crippen molar-refractivity contribution < 1.29 is 4.79 Å². The number of carbonyl (C=O) groups is 1. The molecule has 1 amide bonds. The highest BCUT2D eigenvalue weighted by Crippen LogP contribution is 2.24. The van der Waals surface area contributed by atoms with Crippen molar-refractivity contribution in [1.29, 1.82) is 0 Å². The van der Waals surface area contributed by atoms with Crippen LogP contribution < -0.4 is 5.32 Å². The molecule has 1 aliphatic carbocycles. The van der Waals surface area contributed by atoms with Gasteiger partial charge in [0.05, 0.1) is 8.66 Å². The summed E-state index contributed by atoms with van der Waals surface area (Å²) in [6, 6.07) is 12.5. The van der Waals surface area contributed by atoms with E-state index in [1.807, 2.05) is 12.1 Å². The number of hydrogen-bond donors (Lipinski definition) is 1. The second-order valence-corrected chi connectivity index (χ2v) is 7.25. The molecule has 1 N–H and O–H groups in total. The molecule has 98 valence electrons. The summed E-state index contributed by atoms with van der Waals surface area (Å²) in [6.45, 7) is 0. The minimum atomic E-state index is 0.0417. The number of nitrogens with one attached hydrogen (secondary N) is 1. The van der Waals surface area contributed by atoms with Crippen LogP contribution in [0.15, 0.2) is 40.2 Å². The van der Waals surface area contributed by atoms with Gasteiger partial charge in [-0.3, -0.25) is 4.79 Å². The van der Waals surface area contributed by atoms with Crippen LogP contribution in [-0.4, -0.2) is 11.9 Å². The Balaban J connectivity index is 1.68. The Kier molecular flexibility index (Phi) is 3.71. The number of hydrogen-bond acceptors (Lipinski definition) is 2. The van der Waals surface area contributed by atoms with Gasteiger partial charge in [0.25, 0.3) is 5.91 Å². The molecule has 2 nitrogen and oxygen atoms in total. The number of fused-ring (bicyclic) bond motifs is 1. The molecule has 1 atom stereocenters. The molecule has 1 aliphatic rings. The molecule has 4 heteroatoms. The number of halogens is 1. The van der Waals surface area contributed by atoms with Crippen LogP contribution in [0.1, 0.15) is 27.2 Å². The first-order valence-electron chi connectivity index (χ1n) is 6.35. The van der Waals surface area contributed by atoms with Crippen LogP contribution in [0, 0.1) is 0 Å². The monoisotopic (exact) mass is 335 g/mol. The topological polar surface area (TPSA) is 29.1 Å². The van der Waals surface area contributed by atoms with E-state index in [0.717, 1.165) is 27.9 Å². The van der Waals surface area contributed by atoms with Gasteiger partial charge in [-0.1, -0.05) is 24.3 Å². The minimum Gasteiger partial charge on any atom is -0.348 e. The number of amides is 1. The van der Waals surface area contributed by atoms with Crippen LogP contribution in [0.2, 0.25) is 0 Å². The molecule has 0 spiro atoms. The summed E-state index contributed by atoms with van der Waals surface area (Å²) in [5.41, 5.74) is 2.79. The average molecular weight is 336 g/mol. The van der Waals surface area contributed by atoms with E-state index in [9.17, 15) is 4.79 Å². The van der Waals surface area contributed by atoms with Gasteiger partial charge in [0.2, 0.25) is 0 Å². The van der Waals surface area contributed by atoms with Crippen LogP contribution in [0.4, 0.5) is 0 Å². The third kappa shape index (κ3) is 2.90. The van der Waals surface area contributed by atoms with E-state index in [1.165, 1.54) is 22.5 Å². The summed E-state index contributed by atoms with van der Waals surface area (Å²) in [5.74, 6) is 0.0417. The molecule has 0 fully saturated rings. The molecule has 0 saturated carbocycles. The fourth-order valence-electron chi connectivity index (χ4n) is 2.51. The summed E-state index contributed by atoms with van der Waals surface area (Å²) >= 11 is 4.86. The van der Waals surface area contributed by atoms with E-state index in [2.05, 4.69) is 45.5 Å². The van der Waals surface area contributed by atoms with Gasteiger partial charge in [-0.05, 0) is 58.5 Å². The number of benzene rings is 1. The molecule has 1 aromatic carbocycles. The van der Waals surface area contributed by atoms with E-state index >= 15 is 0 Å². The lowest BCUT2D eigenvalue weighted by Gasteiger charge is -2.25. The molecule has 0 saturated heterocycles. The predicted molar refractivity (Wildman–Crippen MR) is 81.7 cm³/mol. The first-order chi connectivity index (χ1) is 9.22. The zero-order chi connectivity index (χ0) is 13.2. The first kappa shape index (κ1) is 12.9. The van der Waals surface area contributed by atoms with E-state index < -0.39 is 0 Å². The summed E-state index contributed by atoms with van der Waals surface area (Å²) in [4.78, 5) is 12.9. The normalized spacial score (nSPS) is 17.8. The second-order valence-electron chi connectivity index (χ2n) is 4.79. The van der Waals surface area contributed by atoms with Crippen LogP contribution in [0.25, 0.3) is 0 Å². The molecular weight excluding hydrogens is 322 g/mol. The second kappa shape index (κ2) is 5.47. The lowest BCUT2D eigenvalue weighted by Crippen LogP contribution is -2.38. The zero-order valence-corrected chi connectivity index (χ0v) is 12.8. The Bertz CT molecular complexity index is 608. The van der Waals surface area contributed by atoms with Crippen LogP contribution in [0.3, 0.4) is 0 Å². The average Bonchev–Trinajstić information content (AvgIpc) is 2.85. The van der Waals surface area contributed by atoms with E-state index in [0.29, 0.717) is 0 Å². The smallest absolute Gasteiger partial charge is 0.261 e. The molecule has 3 rings (SSSR count). The van der Waals surface area contributed by atoms with E-state index in [-0.39, 0.29) is 11.9 Å². The molecule has 19 heavy (non-hydrogen) atoms. The van der Waals surface area contributed by atoms with Gasteiger partial charge in [-0.15, -0.1) is 11.3 Å². The van der Waals surface area contributed by atoms with Crippen molar-refractivity contribution in [2.75, 3.05) is 0 Å². The Labute approximate surface area is 125 Å². The number of aryl methyl sites for hydroxylation is 1. The number of carbonyl (C=O) groups excluding carboxylic acids is 1. The predicted octanol–water partition coefficient (Wildman–Crippen LogP) is 3.80. The van der Waals surface area contributed by atoms with Gasteiger partial charge in [0.1, 0.15) is 0 Å². The van der Waals surface area contributed by atoms with Gasteiger partial charge >= 0.3 is 0 Å². The van der Waals surface area contributed by atoms with Gasteiger partial charge in [0.15, 0.2) is 0 Å². The van der Waals surface area contributed by atoms with Crippen molar-refractivity contribution in [3.05, 3.63) is 56.2 Å². The number of rotatable bonds is 2. The maximum atomic E-state index is 12.1. The molecule has 0 bridgehead atoms. The third-order valence-electron chi connectivity index (χ3n) is 3.48. The maximum absolute atomic E-state index is 12.1. The van der Waals surface area contributed by atoms with Crippen molar-refractivity contribution in [1.82, 2.24) is 5.32 Å². The van der Waals surface area contributed by atoms with E-state index in [1.54, 1.807) is 0 Å². The third-order valence-corrected chi connectivity index (χ3v) is 5.10. The van der Waals surface area contributed by atoms with Gasteiger partial charge in [0, 0.05) is 6.04 Å². The fourth-order valence-corrected chi connectivity index (χ4v) is 3.80. The Morgan fingerprint density at radius 1 is 1.21 bits per heavy atom. The molecule has 1 heterocycles. The lowest BCUT2D eigenvalue weighted by molar-refractivity contribution is 0.0938. The maximum Gasteiger partial charge on any atom is 0.261 e. The van der Waals surface area contributed by atoms with Gasteiger partial charge in [-0.2, -0.15) is 0 Å². The standard InChI is InChI=1S/C15H14BrNOS/c16-14-8-7-13(19-14)15(18)17-12-6-5-10-3-1-2-4-11(10)9-12/h1-4,7-8,12H,5-6,9H2,(H,17,18)/t12-/m0/s1. The Morgan fingerprint density at radius 3 is 2.74 bits per heavy atom. The van der Waals surface area contributed by atoms with Crippen molar-refractivity contribution in [3.8, 4) is 0 Å². The molecule has 0 radical (unpaired) electrons. The molecule has 0 unspecified atom stereocenters. The quantitative estimate of drug-likeness (QED) is 0.888. The van der Waals surface area contributed by atoms with Crippen LogP contribution in [-0.2, 0) is 12.8 Å². The number of thiophene rings is 1. The summed E-state index contributed by atoms with van der Waals surface area (Å²) in [7, 11) is 0. The zero-order valence-electron chi connectivity index (χ0n) is 10.4. The molecule has 0 aliphatic heterocycles. The van der Waals surface area contributed by atoms with Crippen molar-refractivity contribution in [2.45, 2.75) is 25.3 Å².